The van der Waals surface area contributed by atoms with Crippen LogP contribution in [0.3, 0.4) is 0 Å². The van der Waals surface area contributed by atoms with Crippen LogP contribution < -0.4 is 15.4 Å². The Balaban J connectivity index is 1.89. The van der Waals surface area contributed by atoms with Crippen molar-refractivity contribution in [2.75, 3.05) is 25.5 Å². The minimum Gasteiger partial charge on any atom is -0.497 e. The Labute approximate surface area is 124 Å². The highest BCUT2D eigenvalue weighted by molar-refractivity contribution is 5.62. The summed E-state index contributed by atoms with van der Waals surface area (Å²) in [6.45, 7) is 4.00. The van der Waals surface area contributed by atoms with E-state index in [0.29, 0.717) is 12.0 Å². The predicted molar refractivity (Wildman–Crippen MR) is 83.7 cm³/mol. The number of hydrogen-bond donors (Lipinski definition) is 2. The molecule has 0 amide bonds. The maximum atomic E-state index is 5.28. The molecule has 1 fully saturated rings. The molecule has 5 nitrogen and oxygen atoms in total. The van der Waals surface area contributed by atoms with E-state index in [0.717, 1.165) is 42.2 Å². The van der Waals surface area contributed by atoms with Gasteiger partial charge >= 0.3 is 0 Å². The Hall–Kier alpha value is -2.14. The molecule has 1 atom stereocenters. The second kappa shape index (κ2) is 6.10. The number of nitrogens with zero attached hydrogens (tertiary/aromatic N) is 2. The molecule has 21 heavy (non-hydrogen) atoms. The number of aryl methyl sites for hydroxylation is 1. The topological polar surface area (TPSA) is 59.1 Å². The summed E-state index contributed by atoms with van der Waals surface area (Å²) in [5.41, 5.74) is 2.90. The molecule has 2 heterocycles. The van der Waals surface area contributed by atoms with Crippen molar-refractivity contribution in [1.29, 1.82) is 0 Å². The number of hydrogen-bond acceptors (Lipinski definition) is 5. The highest BCUT2D eigenvalue weighted by atomic mass is 16.5. The molecule has 0 bridgehead atoms. The maximum Gasteiger partial charge on any atom is 0.223 e. The molecule has 5 heteroatoms. The lowest BCUT2D eigenvalue weighted by Gasteiger charge is -2.13. The van der Waals surface area contributed by atoms with E-state index in [-0.39, 0.29) is 0 Å². The minimum atomic E-state index is 0.407. The van der Waals surface area contributed by atoms with Crippen molar-refractivity contribution in [3.63, 3.8) is 0 Å². The molecule has 1 saturated heterocycles. The highest BCUT2D eigenvalue weighted by Gasteiger charge is 2.15. The van der Waals surface area contributed by atoms with E-state index >= 15 is 0 Å². The van der Waals surface area contributed by atoms with Gasteiger partial charge in [0.25, 0.3) is 0 Å². The lowest BCUT2D eigenvalue weighted by molar-refractivity contribution is 0.415. The molecule has 1 aromatic carbocycles. The first-order valence-electron chi connectivity index (χ1n) is 7.22. The number of anilines is 1. The fraction of sp³-hybridized carbons (Fsp3) is 0.375. The molecule has 1 aliphatic heterocycles. The largest absolute Gasteiger partial charge is 0.497 e. The number of benzene rings is 1. The van der Waals surface area contributed by atoms with E-state index in [9.17, 15) is 0 Å². The Bertz CT molecular complexity index is 623. The Kier molecular flexibility index (Phi) is 4.01. The standard InChI is InChI=1S/C16H20N4O/c1-11-8-15(12-4-3-5-14(9-12)21-2)20-16(18-11)19-13-6-7-17-10-13/h3-5,8-9,13,17H,6-7,10H2,1-2H3,(H,18,19,20). The van der Waals surface area contributed by atoms with Crippen molar-refractivity contribution in [2.24, 2.45) is 0 Å². The molecular formula is C16H20N4O. The average molecular weight is 284 g/mol. The molecule has 2 N–H and O–H groups in total. The van der Waals surface area contributed by atoms with Crippen LogP contribution in [0.2, 0.25) is 0 Å². The number of methoxy groups -OCH3 is 1. The minimum absolute atomic E-state index is 0.407. The Morgan fingerprint density at radius 2 is 2.19 bits per heavy atom. The quantitative estimate of drug-likeness (QED) is 0.901. The molecule has 0 aliphatic carbocycles. The van der Waals surface area contributed by atoms with Gasteiger partial charge in [0.2, 0.25) is 5.95 Å². The third-order valence-electron chi connectivity index (χ3n) is 3.61. The van der Waals surface area contributed by atoms with E-state index in [2.05, 4.69) is 20.6 Å². The molecular weight excluding hydrogens is 264 g/mol. The molecule has 1 unspecified atom stereocenters. The van der Waals surface area contributed by atoms with Gasteiger partial charge in [0.1, 0.15) is 5.75 Å². The SMILES string of the molecule is COc1cccc(-c2cc(C)nc(NC3CCNC3)n2)c1. The van der Waals surface area contributed by atoms with Crippen LogP contribution in [0.25, 0.3) is 11.3 Å². The van der Waals surface area contributed by atoms with Crippen LogP contribution >= 0.6 is 0 Å². The van der Waals surface area contributed by atoms with Crippen molar-refractivity contribution < 1.29 is 4.74 Å². The number of aromatic nitrogens is 2. The summed E-state index contributed by atoms with van der Waals surface area (Å²) in [6, 6.07) is 10.3. The smallest absolute Gasteiger partial charge is 0.223 e. The third kappa shape index (κ3) is 3.31. The molecule has 110 valence electrons. The maximum absolute atomic E-state index is 5.28. The summed E-state index contributed by atoms with van der Waals surface area (Å²) in [5, 5.41) is 6.74. The van der Waals surface area contributed by atoms with Crippen molar-refractivity contribution in [2.45, 2.75) is 19.4 Å². The number of rotatable bonds is 4. The normalized spacial score (nSPS) is 17.7. The molecule has 1 aromatic heterocycles. The summed E-state index contributed by atoms with van der Waals surface area (Å²) in [6.07, 6.45) is 1.10. The first-order chi connectivity index (χ1) is 10.2. The molecule has 0 radical (unpaired) electrons. The van der Waals surface area contributed by atoms with Crippen molar-refractivity contribution in [1.82, 2.24) is 15.3 Å². The van der Waals surface area contributed by atoms with E-state index in [4.69, 9.17) is 4.74 Å². The van der Waals surface area contributed by atoms with Gasteiger partial charge in [-0.05, 0) is 38.1 Å². The Morgan fingerprint density at radius 3 is 2.95 bits per heavy atom. The van der Waals surface area contributed by atoms with Crippen LogP contribution in [0.1, 0.15) is 12.1 Å². The van der Waals surface area contributed by atoms with Crippen LogP contribution in [0.4, 0.5) is 5.95 Å². The Morgan fingerprint density at radius 1 is 1.29 bits per heavy atom. The predicted octanol–water partition coefficient (Wildman–Crippen LogP) is 2.23. The molecule has 0 spiro atoms. The van der Waals surface area contributed by atoms with Gasteiger partial charge < -0.3 is 15.4 Å². The van der Waals surface area contributed by atoms with Gasteiger partial charge in [-0.25, -0.2) is 9.97 Å². The van der Waals surface area contributed by atoms with Gasteiger partial charge in [-0.3, -0.25) is 0 Å². The van der Waals surface area contributed by atoms with Crippen LogP contribution in [-0.2, 0) is 0 Å². The van der Waals surface area contributed by atoms with Gasteiger partial charge in [-0.1, -0.05) is 12.1 Å². The van der Waals surface area contributed by atoms with E-state index in [1.807, 2.05) is 37.3 Å². The highest BCUT2D eigenvalue weighted by Crippen LogP contribution is 2.23. The van der Waals surface area contributed by atoms with E-state index in [1.165, 1.54) is 0 Å². The van der Waals surface area contributed by atoms with E-state index < -0.39 is 0 Å². The van der Waals surface area contributed by atoms with Gasteiger partial charge in [0, 0.05) is 23.8 Å². The molecule has 2 aromatic rings. The first kappa shape index (κ1) is 13.8. The van der Waals surface area contributed by atoms with Crippen LogP contribution in [0.15, 0.2) is 30.3 Å². The van der Waals surface area contributed by atoms with E-state index in [1.54, 1.807) is 7.11 Å². The van der Waals surface area contributed by atoms with Gasteiger partial charge in [-0.2, -0.15) is 0 Å². The number of ether oxygens (including phenoxy) is 1. The van der Waals surface area contributed by atoms with Crippen LogP contribution in [0, 0.1) is 6.92 Å². The monoisotopic (exact) mass is 284 g/mol. The summed E-state index contributed by atoms with van der Waals surface area (Å²) < 4.78 is 5.28. The first-order valence-corrected chi connectivity index (χ1v) is 7.22. The fourth-order valence-corrected chi connectivity index (χ4v) is 2.52. The van der Waals surface area contributed by atoms with Gasteiger partial charge in [0.05, 0.1) is 12.8 Å². The average Bonchev–Trinajstić information content (AvgIpc) is 2.99. The molecule has 1 aliphatic rings. The van der Waals surface area contributed by atoms with Crippen LogP contribution in [0.5, 0.6) is 5.75 Å². The zero-order valence-electron chi connectivity index (χ0n) is 12.4. The van der Waals surface area contributed by atoms with Crippen LogP contribution in [-0.4, -0.2) is 36.2 Å². The molecule has 3 rings (SSSR count). The second-order valence-electron chi connectivity index (χ2n) is 5.28. The van der Waals surface area contributed by atoms with Crippen molar-refractivity contribution >= 4 is 5.95 Å². The second-order valence-corrected chi connectivity index (χ2v) is 5.28. The van der Waals surface area contributed by atoms with Crippen molar-refractivity contribution in [3.8, 4) is 17.0 Å². The summed E-state index contributed by atoms with van der Waals surface area (Å²) >= 11 is 0. The zero-order valence-corrected chi connectivity index (χ0v) is 12.4. The third-order valence-corrected chi connectivity index (χ3v) is 3.61. The van der Waals surface area contributed by atoms with Gasteiger partial charge in [0.15, 0.2) is 0 Å². The fourth-order valence-electron chi connectivity index (χ4n) is 2.52. The summed E-state index contributed by atoms with van der Waals surface area (Å²) in [5.74, 6) is 1.53. The van der Waals surface area contributed by atoms with Crippen molar-refractivity contribution in [3.05, 3.63) is 36.0 Å². The summed E-state index contributed by atoms with van der Waals surface area (Å²) in [4.78, 5) is 9.12. The summed E-state index contributed by atoms with van der Waals surface area (Å²) in [7, 11) is 1.67. The lowest BCUT2D eigenvalue weighted by atomic mass is 10.1. The molecule has 0 saturated carbocycles. The zero-order chi connectivity index (χ0) is 14.7. The van der Waals surface area contributed by atoms with Gasteiger partial charge in [-0.15, -0.1) is 0 Å². The lowest BCUT2D eigenvalue weighted by Crippen LogP contribution is -2.23. The number of nitrogens with one attached hydrogen (secondary N) is 2.